The van der Waals surface area contributed by atoms with Gasteiger partial charge in [-0.25, -0.2) is 4.98 Å². The third-order valence-electron chi connectivity index (χ3n) is 3.75. The Kier molecular flexibility index (Phi) is 5.37. The van der Waals surface area contributed by atoms with Crippen LogP contribution in [0.1, 0.15) is 60.4 Å². The van der Waals surface area contributed by atoms with Crippen LogP contribution in [0.3, 0.4) is 0 Å². The molecule has 2 rings (SSSR count). The quantitative estimate of drug-likeness (QED) is 0.872. The topological polar surface area (TPSA) is 45.2 Å². The van der Waals surface area contributed by atoms with E-state index in [0.717, 1.165) is 23.4 Å². The summed E-state index contributed by atoms with van der Waals surface area (Å²) in [6.07, 6.45) is 0. The highest BCUT2D eigenvalue weighted by atomic mass is 32.1. The fourth-order valence-electron chi connectivity index (χ4n) is 2.37. The number of aliphatic hydroxyl groups excluding tert-OH is 1. The van der Waals surface area contributed by atoms with Crippen molar-refractivity contribution in [2.24, 2.45) is 0 Å². The van der Waals surface area contributed by atoms with Gasteiger partial charge < -0.3 is 10.4 Å². The molecule has 0 fully saturated rings. The molecule has 120 valence electrons. The Hall–Kier alpha value is -1.23. The number of rotatable bonds is 5. The maximum absolute atomic E-state index is 9.40. The fourth-order valence-corrected chi connectivity index (χ4v) is 3.52. The predicted octanol–water partition coefficient (Wildman–Crippen LogP) is 4.09. The van der Waals surface area contributed by atoms with Gasteiger partial charge in [0.05, 0.1) is 17.3 Å². The van der Waals surface area contributed by atoms with E-state index in [-0.39, 0.29) is 18.1 Å². The van der Waals surface area contributed by atoms with Crippen molar-refractivity contribution in [1.29, 1.82) is 0 Å². The van der Waals surface area contributed by atoms with Gasteiger partial charge in [-0.1, -0.05) is 45.0 Å². The highest BCUT2D eigenvalue weighted by Crippen LogP contribution is 2.32. The van der Waals surface area contributed by atoms with Crippen LogP contribution in [0.5, 0.6) is 0 Å². The molecule has 1 aromatic carbocycles. The number of aryl methyl sites for hydroxylation is 1. The van der Waals surface area contributed by atoms with Crippen LogP contribution in [0.4, 0.5) is 0 Å². The maximum Gasteiger partial charge on any atom is 0.0985 e. The molecule has 0 aliphatic heterocycles. The molecule has 22 heavy (non-hydrogen) atoms. The molecule has 3 nitrogen and oxygen atoms in total. The lowest BCUT2D eigenvalue weighted by Gasteiger charge is -2.15. The Balaban J connectivity index is 2.10. The van der Waals surface area contributed by atoms with Crippen LogP contribution < -0.4 is 5.32 Å². The summed E-state index contributed by atoms with van der Waals surface area (Å²) in [5, 5.41) is 14.1. The lowest BCUT2D eigenvalue weighted by molar-refractivity contribution is 0.280. The number of thiazole rings is 1. The van der Waals surface area contributed by atoms with Gasteiger partial charge >= 0.3 is 0 Å². The number of hydrogen-bond acceptors (Lipinski definition) is 4. The number of nitrogens with one attached hydrogen (secondary N) is 1. The van der Waals surface area contributed by atoms with Gasteiger partial charge in [-0.15, -0.1) is 11.3 Å². The third-order valence-corrected chi connectivity index (χ3v) is 5.52. The van der Waals surface area contributed by atoms with Crippen molar-refractivity contribution in [3.05, 3.63) is 51.0 Å². The van der Waals surface area contributed by atoms with Crippen molar-refractivity contribution in [2.75, 3.05) is 0 Å². The zero-order valence-corrected chi connectivity index (χ0v) is 14.9. The van der Waals surface area contributed by atoms with Gasteiger partial charge in [-0.2, -0.15) is 0 Å². The van der Waals surface area contributed by atoms with Crippen LogP contribution in [0.15, 0.2) is 24.3 Å². The largest absolute Gasteiger partial charge is 0.392 e. The Bertz CT molecular complexity index is 628. The second-order valence-corrected chi connectivity index (χ2v) is 7.78. The lowest BCUT2D eigenvalue weighted by Crippen LogP contribution is -2.18. The Morgan fingerprint density at radius 3 is 2.41 bits per heavy atom. The lowest BCUT2D eigenvalue weighted by atomic mass is 9.98. The van der Waals surface area contributed by atoms with Crippen LogP contribution in [-0.4, -0.2) is 10.1 Å². The molecule has 1 unspecified atom stereocenters. The molecule has 2 aromatic rings. The highest BCUT2D eigenvalue weighted by Gasteiger charge is 2.22. The Morgan fingerprint density at radius 1 is 1.23 bits per heavy atom. The first-order valence-corrected chi connectivity index (χ1v) is 8.53. The summed E-state index contributed by atoms with van der Waals surface area (Å²) in [5.74, 6) is 0. The van der Waals surface area contributed by atoms with Gasteiger partial charge in [-0.05, 0) is 25.0 Å². The van der Waals surface area contributed by atoms with E-state index >= 15 is 0 Å². The maximum atomic E-state index is 9.40. The summed E-state index contributed by atoms with van der Waals surface area (Å²) >= 11 is 1.80. The second-order valence-electron chi connectivity index (χ2n) is 6.75. The normalized spacial score (nSPS) is 13.4. The summed E-state index contributed by atoms with van der Waals surface area (Å²) in [5.41, 5.74) is 3.34. The molecular formula is C18H26N2OS. The van der Waals surface area contributed by atoms with Gasteiger partial charge in [0.2, 0.25) is 0 Å². The van der Waals surface area contributed by atoms with E-state index < -0.39 is 0 Å². The van der Waals surface area contributed by atoms with Crippen LogP contribution in [0.2, 0.25) is 0 Å². The van der Waals surface area contributed by atoms with E-state index in [0.29, 0.717) is 0 Å². The van der Waals surface area contributed by atoms with Gasteiger partial charge in [-0.3, -0.25) is 0 Å². The summed E-state index contributed by atoms with van der Waals surface area (Å²) in [6.45, 7) is 11.7. The van der Waals surface area contributed by atoms with Crippen molar-refractivity contribution >= 4 is 11.3 Å². The Morgan fingerprint density at radius 2 is 1.86 bits per heavy atom. The molecule has 0 spiro atoms. The van der Waals surface area contributed by atoms with E-state index in [9.17, 15) is 5.11 Å². The molecule has 1 atom stereocenters. The molecule has 0 radical (unpaired) electrons. The molecule has 0 aliphatic rings. The molecule has 1 aromatic heterocycles. The van der Waals surface area contributed by atoms with E-state index in [1.807, 2.05) is 18.2 Å². The summed E-state index contributed by atoms with van der Waals surface area (Å²) in [4.78, 5) is 6.03. The number of benzene rings is 1. The molecule has 0 saturated carbocycles. The van der Waals surface area contributed by atoms with E-state index in [1.54, 1.807) is 11.3 Å². The standard InChI is InChI=1S/C18H26N2OS/c1-12(16-13(2)20-17(22-16)18(3,4)5)19-10-14-8-6-7-9-15(14)11-21/h6-9,12,19,21H,10-11H2,1-5H3. The number of aliphatic hydroxyl groups is 1. The summed E-state index contributed by atoms with van der Waals surface area (Å²) in [7, 11) is 0. The second kappa shape index (κ2) is 6.90. The van der Waals surface area contributed by atoms with Gasteiger partial charge in [0.25, 0.3) is 0 Å². The smallest absolute Gasteiger partial charge is 0.0985 e. The zero-order chi connectivity index (χ0) is 16.3. The first-order valence-electron chi connectivity index (χ1n) is 7.71. The summed E-state index contributed by atoms with van der Waals surface area (Å²) < 4.78 is 0. The highest BCUT2D eigenvalue weighted by molar-refractivity contribution is 7.12. The molecule has 4 heteroatoms. The van der Waals surface area contributed by atoms with Crippen LogP contribution in [0, 0.1) is 6.92 Å². The molecule has 2 N–H and O–H groups in total. The average Bonchev–Trinajstić information content (AvgIpc) is 2.87. The first kappa shape index (κ1) is 17.1. The monoisotopic (exact) mass is 318 g/mol. The average molecular weight is 318 g/mol. The van der Waals surface area contributed by atoms with Gasteiger partial charge in [0.1, 0.15) is 0 Å². The third kappa shape index (κ3) is 3.94. The van der Waals surface area contributed by atoms with Crippen molar-refractivity contribution in [3.8, 4) is 0 Å². The first-order chi connectivity index (χ1) is 10.3. The molecule has 0 amide bonds. The molecule has 0 aliphatic carbocycles. The van der Waals surface area contributed by atoms with E-state index in [1.165, 1.54) is 9.88 Å². The van der Waals surface area contributed by atoms with E-state index in [4.69, 9.17) is 4.98 Å². The van der Waals surface area contributed by atoms with Crippen LogP contribution >= 0.6 is 11.3 Å². The van der Waals surface area contributed by atoms with Crippen molar-refractivity contribution in [3.63, 3.8) is 0 Å². The number of nitrogens with zero attached hydrogens (tertiary/aromatic N) is 1. The molecule has 0 bridgehead atoms. The zero-order valence-electron chi connectivity index (χ0n) is 14.1. The minimum Gasteiger partial charge on any atom is -0.392 e. The molecule has 1 heterocycles. The van der Waals surface area contributed by atoms with Crippen molar-refractivity contribution < 1.29 is 5.11 Å². The van der Waals surface area contributed by atoms with Crippen molar-refractivity contribution in [2.45, 2.75) is 59.2 Å². The van der Waals surface area contributed by atoms with Crippen LogP contribution in [-0.2, 0) is 18.6 Å². The SMILES string of the molecule is Cc1nc(C(C)(C)C)sc1C(C)NCc1ccccc1CO. The minimum absolute atomic E-state index is 0.0833. The summed E-state index contributed by atoms with van der Waals surface area (Å²) in [6, 6.07) is 8.25. The molecular weight excluding hydrogens is 292 g/mol. The molecule has 0 saturated heterocycles. The number of aromatic nitrogens is 1. The van der Waals surface area contributed by atoms with Crippen LogP contribution in [0.25, 0.3) is 0 Å². The minimum atomic E-state index is 0.0833. The van der Waals surface area contributed by atoms with Gasteiger partial charge in [0.15, 0.2) is 0 Å². The Labute approximate surface area is 137 Å². The van der Waals surface area contributed by atoms with E-state index in [2.05, 4.69) is 46.0 Å². The van der Waals surface area contributed by atoms with Crippen molar-refractivity contribution in [1.82, 2.24) is 10.3 Å². The van der Waals surface area contributed by atoms with Gasteiger partial charge in [0, 0.05) is 22.9 Å². The fraction of sp³-hybridized carbons (Fsp3) is 0.500. The number of hydrogen-bond donors (Lipinski definition) is 2. The predicted molar refractivity (Wildman–Crippen MR) is 93.2 cm³/mol.